The van der Waals surface area contributed by atoms with E-state index in [0.717, 1.165) is 5.56 Å². The molecule has 0 aliphatic rings. The summed E-state index contributed by atoms with van der Waals surface area (Å²) in [6, 6.07) is 6.40. The van der Waals surface area contributed by atoms with Crippen LogP contribution in [0, 0.1) is 6.92 Å². The maximum atomic E-state index is 11.2. The molecule has 1 aromatic carbocycles. The van der Waals surface area contributed by atoms with Gasteiger partial charge in [-0.25, -0.2) is 4.79 Å². The van der Waals surface area contributed by atoms with Gasteiger partial charge in [-0.3, -0.25) is 0 Å². The lowest BCUT2D eigenvalue weighted by Crippen LogP contribution is -2.40. The first-order chi connectivity index (χ1) is 6.63. The van der Waals surface area contributed by atoms with Crippen LogP contribution in [0.15, 0.2) is 24.3 Å². The fourth-order valence-electron chi connectivity index (χ4n) is 0.894. The maximum absolute atomic E-state index is 11.2. The van der Waals surface area contributed by atoms with E-state index in [1.165, 1.54) is 0 Å². The Labute approximate surface area is 82.8 Å². The molecule has 0 aliphatic carbocycles. The predicted octanol–water partition coefficient (Wildman–Crippen LogP) is 0.186. The van der Waals surface area contributed by atoms with Gasteiger partial charge in [0.25, 0.3) is 0 Å². The number of hydrogen-bond donors (Lipinski definition) is 2. The number of benzene rings is 1. The van der Waals surface area contributed by atoms with E-state index in [1.54, 1.807) is 12.1 Å². The Hall–Kier alpha value is -1.39. The van der Waals surface area contributed by atoms with Gasteiger partial charge in [-0.15, -0.1) is 0 Å². The Morgan fingerprint density at radius 1 is 1.43 bits per heavy atom. The third-order valence-corrected chi connectivity index (χ3v) is 1.80. The highest BCUT2D eigenvalue weighted by Crippen LogP contribution is 2.11. The molecule has 0 radical (unpaired) electrons. The number of carbonyl (C=O) groups is 1. The van der Waals surface area contributed by atoms with Crippen LogP contribution in [0.2, 0.25) is 0 Å². The molecule has 0 spiro atoms. The molecule has 1 aromatic rings. The molecule has 4 N–H and O–H groups in total. The summed E-state index contributed by atoms with van der Waals surface area (Å²) in [6.07, 6.45) is 0. The first-order valence-electron chi connectivity index (χ1n) is 4.37. The number of aryl methyl sites for hydroxylation is 1. The van der Waals surface area contributed by atoms with Crippen LogP contribution in [-0.2, 0) is 4.79 Å². The van der Waals surface area contributed by atoms with Gasteiger partial charge in [0.15, 0.2) is 0 Å². The number of nitrogens with two attached hydrogens (primary N) is 2. The zero-order valence-corrected chi connectivity index (χ0v) is 8.07. The molecule has 0 amide bonds. The highest BCUT2D eigenvalue weighted by atomic mass is 16.5. The summed E-state index contributed by atoms with van der Waals surface area (Å²) >= 11 is 0. The zero-order chi connectivity index (χ0) is 10.6. The van der Waals surface area contributed by atoms with Gasteiger partial charge in [0.1, 0.15) is 11.8 Å². The van der Waals surface area contributed by atoms with Crippen molar-refractivity contribution in [3.8, 4) is 5.75 Å². The van der Waals surface area contributed by atoms with Crippen molar-refractivity contribution in [3.63, 3.8) is 0 Å². The van der Waals surface area contributed by atoms with E-state index in [0.29, 0.717) is 5.75 Å². The van der Waals surface area contributed by atoms with Gasteiger partial charge >= 0.3 is 5.97 Å². The van der Waals surface area contributed by atoms with Gasteiger partial charge in [-0.2, -0.15) is 0 Å². The van der Waals surface area contributed by atoms with Crippen LogP contribution in [0.3, 0.4) is 0 Å². The first-order valence-corrected chi connectivity index (χ1v) is 4.37. The molecular weight excluding hydrogens is 180 g/mol. The van der Waals surface area contributed by atoms with Crippen molar-refractivity contribution in [2.75, 3.05) is 6.54 Å². The molecule has 0 heterocycles. The highest BCUT2D eigenvalue weighted by Gasteiger charge is 2.13. The van der Waals surface area contributed by atoms with E-state index in [9.17, 15) is 4.79 Å². The number of esters is 1. The van der Waals surface area contributed by atoms with Crippen molar-refractivity contribution in [1.29, 1.82) is 0 Å². The number of rotatable bonds is 3. The number of hydrogen-bond acceptors (Lipinski definition) is 4. The summed E-state index contributed by atoms with van der Waals surface area (Å²) < 4.78 is 4.98. The third-order valence-electron chi connectivity index (χ3n) is 1.80. The fourth-order valence-corrected chi connectivity index (χ4v) is 0.894. The predicted molar refractivity (Wildman–Crippen MR) is 53.8 cm³/mol. The Kier molecular flexibility index (Phi) is 3.62. The van der Waals surface area contributed by atoms with Crippen molar-refractivity contribution in [2.24, 2.45) is 11.5 Å². The van der Waals surface area contributed by atoms with E-state index < -0.39 is 12.0 Å². The van der Waals surface area contributed by atoms with Crippen molar-refractivity contribution in [1.82, 2.24) is 0 Å². The lowest BCUT2D eigenvalue weighted by molar-refractivity contribution is -0.135. The van der Waals surface area contributed by atoms with Crippen LogP contribution in [0.4, 0.5) is 0 Å². The van der Waals surface area contributed by atoms with Gasteiger partial charge in [0.05, 0.1) is 0 Å². The molecule has 0 fully saturated rings. The van der Waals surface area contributed by atoms with E-state index in [1.807, 2.05) is 19.1 Å². The minimum absolute atomic E-state index is 0.0880. The molecule has 0 saturated carbocycles. The molecule has 14 heavy (non-hydrogen) atoms. The Balaban J connectivity index is 2.60. The van der Waals surface area contributed by atoms with Crippen molar-refractivity contribution in [2.45, 2.75) is 13.0 Å². The molecule has 0 aliphatic heterocycles. The Bertz CT molecular complexity index is 308. The average Bonchev–Trinajstić information content (AvgIpc) is 2.20. The molecule has 76 valence electrons. The zero-order valence-electron chi connectivity index (χ0n) is 8.07. The summed E-state index contributed by atoms with van der Waals surface area (Å²) in [7, 11) is 0. The van der Waals surface area contributed by atoms with Crippen molar-refractivity contribution in [3.05, 3.63) is 29.8 Å². The van der Waals surface area contributed by atoms with Crippen LogP contribution in [0.5, 0.6) is 5.75 Å². The van der Waals surface area contributed by atoms with E-state index in [-0.39, 0.29) is 6.54 Å². The highest BCUT2D eigenvalue weighted by molar-refractivity contribution is 5.78. The summed E-state index contributed by atoms with van der Waals surface area (Å²) in [5.41, 5.74) is 11.7. The summed E-state index contributed by atoms with van der Waals surface area (Å²) in [5.74, 6) is -0.0131. The van der Waals surface area contributed by atoms with Gasteiger partial charge in [-0.05, 0) is 19.1 Å². The monoisotopic (exact) mass is 194 g/mol. The molecule has 1 rings (SSSR count). The van der Waals surface area contributed by atoms with Gasteiger partial charge in [-0.1, -0.05) is 17.7 Å². The molecule has 4 nitrogen and oxygen atoms in total. The smallest absolute Gasteiger partial charge is 0.329 e. The Morgan fingerprint density at radius 3 is 2.50 bits per heavy atom. The number of ether oxygens (including phenoxy) is 1. The van der Waals surface area contributed by atoms with Crippen molar-refractivity contribution < 1.29 is 9.53 Å². The summed E-state index contributed by atoms with van der Waals surface area (Å²) in [5, 5.41) is 0. The molecule has 0 bridgehead atoms. The molecule has 4 heteroatoms. The van der Waals surface area contributed by atoms with Crippen LogP contribution in [0.1, 0.15) is 5.56 Å². The van der Waals surface area contributed by atoms with Crippen LogP contribution in [-0.4, -0.2) is 18.6 Å². The lowest BCUT2D eigenvalue weighted by Gasteiger charge is -2.08. The molecule has 0 saturated heterocycles. The summed E-state index contributed by atoms with van der Waals surface area (Å²) in [4.78, 5) is 11.2. The molecular formula is C10H14N2O2. The molecule has 0 unspecified atom stereocenters. The largest absolute Gasteiger partial charge is 0.425 e. The van der Waals surface area contributed by atoms with E-state index in [2.05, 4.69) is 0 Å². The lowest BCUT2D eigenvalue weighted by atomic mass is 10.2. The standard InChI is InChI=1S/C10H14N2O2/c1-7-2-4-8(5-3-7)14-10(13)9(12)6-11/h2-5,9H,6,11-12H2,1H3/t9-/m0/s1. The van der Waals surface area contributed by atoms with Gasteiger partial charge in [0.2, 0.25) is 0 Å². The fraction of sp³-hybridized carbons (Fsp3) is 0.300. The normalized spacial score (nSPS) is 12.2. The average molecular weight is 194 g/mol. The summed E-state index contributed by atoms with van der Waals surface area (Å²) in [6.45, 7) is 2.04. The van der Waals surface area contributed by atoms with E-state index in [4.69, 9.17) is 16.2 Å². The number of carbonyl (C=O) groups excluding carboxylic acids is 1. The van der Waals surface area contributed by atoms with Crippen LogP contribution < -0.4 is 16.2 Å². The van der Waals surface area contributed by atoms with Gasteiger partial charge in [0, 0.05) is 6.54 Å². The van der Waals surface area contributed by atoms with Gasteiger partial charge < -0.3 is 16.2 Å². The van der Waals surface area contributed by atoms with E-state index >= 15 is 0 Å². The molecule has 0 aromatic heterocycles. The SMILES string of the molecule is Cc1ccc(OC(=O)[C@@H](N)CN)cc1. The first kappa shape index (κ1) is 10.7. The topological polar surface area (TPSA) is 78.3 Å². The Morgan fingerprint density at radius 2 is 2.00 bits per heavy atom. The third kappa shape index (κ3) is 2.83. The maximum Gasteiger partial charge on any atom is 0.329 e. The molecule has 1 atom stereocenters. The van der Waals surface area contributed by atoms with Crippen LogP contribution in [0.25, 0.3) is 0 Å². The second-order valence-corrected chi connectivity index (χ2v) is 3.08. The second kappa shape index (κ2) is 4.74. The second-order valence-electron chi connectivity index (χ2n) is 3.08. The van der Waals surface area contributed by atoms with Crippen molar-refractivity contribution >= 4 is 5.97 Å². The minimum atomic E-state index is -0.753. The van der Waals surface area contributed by atoms with Crippen LogP contribution >= 0.6 is 0 Å². The minimum Gasteiger partial charge on any atom is -0.425 e. The quantitative estimate of drug-likeness (QED) is 0.531.